The van der Waals surface area contributed by atoms with Gasteiger partial charge in [-0.1, -0.05) is 43.9 Å². The highest BCUT2D eigenvalue weighted by Gasteiger charge is 2.21. The molecule has 0 radical (unpaired) electrons. The minimum absolute atomic E-state index is 0.0604. The molecule has 4 nitrogen and oxygen atoms in total. The predicted octanol–water partition coefficient (Wildman–Crippen LogP) is 3.50. The SMILES string of the molecule is CC(=O)N(CC(=O)NC1CCCCCC1)c1c(C)cccc1C. The van der Waals surface area contributed by atoms with Gasteiger partial charge in [0.15, 0.2) is 0 Å². The maximum Gasteiger partial charge on any atom is 0.240 e. The molecule has 0 heterocycles. The molecule has 1 aliphatic carbocycles. The summed E-state index contributed by atoms with van der Waals surface area (Å²) in [5, 5.41) is 3.12. The second-order valence-electron chi connectivity index (χ2n) is 6.60. The molecule has 2 amide bonds. The van der Waals surface area contributed by atoms with Gasteiger partial charge in [0.25, 0.3) is 0 Å². The Hall–Kier alpha value is -1.84. The number of amides is 2. The van der Waals surface area contributed by atoms with Crippen molar-refractivity contribution in [3.8, 4) is 0 Å². The Bertz CT molecular complexity index is 540. The number of hydrogen-bond donors (Lipinski definition) is 1. The fourth-order valence-electron chi connectivity index (χ4n) is 3.42. The molecule has 2 rings (SSSR count). The number of rotatable bonds is 4. The van der Waals surface area contributed by atoms with Gasteiger partial charge in [-0.15, -0.1) is 0 Å². The maximum atomic E-state index is 12.4. The lowest BCUT2D eigenvalue weighted by molar-refractivity contribution is -0.123. The molecule has 23 heavy (non-hydrogen) atoms. The zero-order valence-corrected chi connectivity index (χ0v) is 14.5. The molecule has 1 aliphatic rings. The third kappa shape index (κ3) is 4.81. The Morgan fingerprint density at radius 1 is 1.09 bits per heavy atom. The van der Waals surface area contributed by atoms with Crippen LogP contribution < -0.4 is 10.2 Å². The van der Waals surface area contributed by atoms with Gasteiger partial charge in [-0.2, -0.15) is 0 Å². The lowest BCUT2D eigenvalue weighted by Crippen LogP contribution is -2.44. The Balaban J connectivity index is 2.07. The first-order valence-electron chi connectivity index (χ1n) is 8.62. The minimum atomic E-state index is -0.0987. The van der Waals surface area contributed by atoms with Crippen molar-refractivity contribution in [1.82, 2.24) is 5.32 Å². The van der Waals surface area contributed by atoms with Crippen molar-refractivity contribution in [2.45, 2.75) is 65.3 Å². The standard InChI is InChI=1S/C19H28N2O2/c1-14-9-8-10-15(2)19(14)21(16(3)22)13-18(23)20-17-11-6-4-5-7-12-17/h8-10,17H,4-7,11-13H2,1-3H3,(H,20,23). The quantitative estimate of drug-likeness (QED) is 0.864. The van der Waals surface area contributed by atoms with E-state index in [4.69, 9.17) is 0 Å². The van der Waals surface area contributed by atoms with Crippen molar-refractivity contribution >= 4 is 17.5 Å². The van der Waals surface area contributed by atoms with Crippen LogP contribution in [0.2, 0.25) is 0 Å². The second-order valence-corrected chi connectivity index (χ2v) is 6.60. The van der Waals surface area contributed by atoms with Crippen LogP contribution in [-0.2, 0) is 9.59 Å². The Kier molecular flexibility index (Phi) is 6.20. The number of hydrogen-bond acceptors (Lipinski definition) is 2. The van der Waals surface area contributed by atoms with Gasteiger partial charge in [0.2, 0.25) is 11.8 Å². The monoisotopic (exact) mass is 316 g/mol. The first-order valence-corrected chi connectivity index (χ1v) is 8.62. The fourth-order valence-corrected chi connectivity index (χ4v) is 3.42. The highest BCUT2D eigenvalue weighted by atomic mass is 16.2. The molecular formula is C19H28N2O2. The van der Waals surface area contributed by atoms with Crippen molar-refractivity contribution in [2.75, 3.05) is 11.4 Å². The highest BCUT2D eigenvalue weighted by molar-refractivity contribution is 5.98. The summed E-state index contributed by atoms with van der Waals surface area (Å²) in [4.78, 5) is 26.1. The Morgan fingerprint density at radius 3 is 2.17 bits per heavy atom. The normalized spacial score (nSPS) is 15.8. The van der Waals surface area contributed by atoms with Crippen LogP contribution in [0.3, 0.4) is 0 Å². The summed E-state index contributed by atoms with van der Waals surface area (Å²) in [5.41, 5.74) is 2.89. The van der Waals surface area contributed by atoms with Gasteiger partial charge >= 0.3 is 0 Å². The number of aryl methyl sites for hydroxylation is 2. The average molecular weight is 316 g/mol. The van der Waals surface area contributed by atoms with E-state index in [0.29, 0.717) is 0 Å². The molecule has 0 atom stereocenters. The lowest BCUT2D eigenvalue weighted by atomic mass is 10.1. The maximum absolute atomic E-state index is 12.4. The number of nitrogens with one attached hydrogen (secondary N) is 1. The van der Waals surface area contributed by atoms with E-state index < -0.39 is 0 Å². The summed E-state index contributed by atoms with van der Waals surface area (Å²) in [6.07, 6.45) is 6.98. The number of benzene rings is 1. The van der Waals surface area contributed by atoms with Gasteiger partial charge in [-0.25, -0.2) is 0 Å². The van der Waals surface area contributed by atoms with Crippen molar-refractivity contribution in [3.05, 3.63) is 29.3 Å². The summed E-state index contributed by atoms with van der Waals surface area (Å²) < 4.78 is 0. The Morgan fingerprint density at radius 2 is 1.65 bits per heavy atom. The smallest absolute Gasteiger partial charge is 0.240 e. The molecule has 0 bridgehead atoms. The van der Waals surface area contributed by atoms with Gasteiger partial charge in [0.1, 0.15) is 6.54 Å². The molecule has 1 N–H and O–H groups in total. The van der Waals surface area contributed by atoms with Gasteiger partial charge in [0, 0.05) is 13.0 Å². The van der Waals surface area contributed by atoms with E-state index in [1.165, 1.54) is 32.6 Å². The van der Waals surface area contributed by atoms with E-state index in [1.54, 1.807) is 4.90 Å². The van der Waals surface area contributed by atoms with Crippen molar-refractivity contribution in [1.29, 1.82) is 0 Å². The van der Waals surface area contributed by atoms with Gasteiger partial charge in [-0.3, -0.25) is 9.59 Å². The third-order valence-corrected chi connectivity index (χ3v) is 4.61. The molecule has 126 valence electrons. The van der Waals surface area contributed by atoms with Crippen LogP contribution in [0.4, 0.5) is 5.69 Å². The van der Waals surface area contributed by atoms with E-state index >= 15 is 0 Å². The summed E-state index contributed by atoms with van der Waals surface area (Å²) >= 11 is 0. The topological polar surface area (TPSA) is 49.4 Å². The van der Waals surface area contributed by atoms with Crippen LogP contribution in [0.25, 0.3) is 0 Å². The summed E-state index contributed by atoms with van der Waals surface area (Å²) in [6, 6.07) is 6.18. The van der Waals surface area contributed by atoms with Crippen molar-refractivity contribution < 1.29 is 9.59 Å². The number of carbonyl (C=O) groups is 2. The fraction of sp³-hybridized carbons (Fsp3) is 0.579. The molecule has 0 saturated heterocycles. The zero-order valence-electron chi connectivity index (χ0n) is 14.5. The molecule has 0 unspecified atom stereocenters. The van der Waals surface area contributed by atoms with Gasteiger partial charge in [-0.05, 0) is 37.8 Å². The summed E-state index contributed by atoms with van der Waals surface area (Å²) in [6.45, 7) is 5.56. The number of anilines is 1. The molecule has 4 heteroatoms. The summed E-state index contributed by atoms with van der Waals surface area (Å²) in [5.74, 6) is -0.159. The largest absolute Gasteiger partial charge is 0.352 e. The first kappa shape index (κ1) is 17.5. The minimum Gasteiger partial charge on any atom is -0.352 e. The molecule has 0 aliphatic heterocycles. The average Bonchev–Trinajstić information content (AvgIpc) is 2.74. The molecule has 0 aromatic heterocycles. The molecule has 1 saturated carbocycles. The van der Waals surface area contributed by atoms with Crippen LogP contribution >= 0.6 is 0 Å². The summed E-state index contributed by atoms with van der Waals surface area (Å²) in [7, 11) is 0. The molecule has 1 fully saturated rings. The van der Waals surface area contributed by atoms with E-state index in [9.17, 15) is 9.59 Å². The first-order chi connectivity index (χ1) is 11.0. The second kappa shape index (κ2) is 8.14. The molecule has 0 spiro atoms. The van der Waals surface area contributed by atoms with E-state index in [-0.39, 0.29) is 24.4 Å². The van der Waals surface area contributed by atoms with Crippen LogP contribution in [-0.4, -0.2) is 24.4 Å². The number of carbonyl (C=O) groups excluding carboxylic acids is 2. The highest BCUT2D eigenvalue weighted by Crippen LogP contribution is 2.24. The molecular weight excluding hydrogens is 288 g/mol. The van der Waals surface area contributed by atoms with E-state index in [0.717, 1.165) is 29.7 Å². The predicted molar refractivity (Wildman–Crippen MR) is 93.6 cm³/mol. The zero-order chi connectivity index (χ0) is 16.8. The van der Waals surface area contributed by atoms with E-state index in [2.05, 4.69) is 5.32 Å². The molecule has 1 aromatic carbocycles. The van der Waals surface area contributed by atoms with Crippen LogP contribution in [0, 0.1) is 13.8 Å². The van der Waals surface area contributed by atoms with Crippen LogP contribution in [0.1, 0.15) is 56.6 Å². The van der Waals surface area contributed by atoms with Gasteiger partial charge < -0.3 is 10.2 Å². The van der Waals surface area contributed by atoms with Gasteiger partial charge in [0.05, 0.1) is 5.69 Å². The number of nitrogens with zero attached hydrogens (tertiary/aromatic N) is 1. The van der Waals surface area contributed by atoms with Crippen LogP contribution in [0.15, 0.2) is 18.2 Å². The lowest BCUT2D eigenvalue weighted by Gasteiger charge is -2.26. The molecule has 1 aromatic rings. The Labute approximate surface area is 139 Å². The number of para-hydroxylation sites is 1. The van der Waals surface area contributed by atoms with E-state index in [1.807, 2.05) is 32.0 Å². The van der Waals surface area contributed by atoms with Crippen molar-refractivity contribution in [2.24, 2.45) is 0 Å². The van der Waals surface area contributed by atoms with Crippen LogP contribution in [0.5, 0.6) is 0 Å². The van der Waals surface area contributed by atoms with Crippen molar-refractivity contribution in [3.63, 3.8) is 0 Å². The third-order valence-electron chi connectivity index (χ3n) is 4.61.